The third-order valence-electron chi connectivity index (χ3n) is 6.67. The Hall–Kier alpha value is -2.62. The minimum Gasteiger partial charge on any atom is -0.480 e. The Kier molecular flexibility index (Phi) is 8.40. The fourth-order valence-corrected chi connectivity index (χ4v) is 7.40. The van der Waals surface area contributed by atoms with Crippen molar-refractivity contribution in [2.75, 3.05) is 6.54 Å². The van der Waals surface area contributed by atoms with E-state index in [9.17, 15) is 23.1 Å². The molecule has 2 N–H and O–H groups in total. The number of hydrogen-bond acceptors (Lipinski definition) is 4. The summed E-state index contributed by atoms with van der Waals surface area (Å²) in [5.41, 5.74) is 0.911. The van der Waals surface area contributed by atoms with Crippen LogP contribution in [0.1, 0.15) is 25.3 Å². The number of nitrogens with one attached hydrogen (secondary N) is 1. The molecule has 38 heavy (non-hydrogen) atoms. The van der Waals surface area contributed by atoms with Gasteiger partial charge in [0.15, 0.2) is 0 Å². The Morgan fingerprint density at radius 1 is 1.03 bits per heavy atom. The molecule has 3 aromatic rings. The molecular formula is C27H25Cl3N2O5S. The van der Waals surface area contributed by atoms with Gasteiger partial charge in [0.2, 0.25) is 15.9 Å². The maximum absolute atomic E-state index is 13.4. The van der Waals surface area contributed by atoms with Gasteiger partial charge in [-0.25, -0.2) is 13.2 Å². The molecule has 0 aromatic heterocycles. The zero-order chi connectivity index (χ0) is 27.7. The van der Waals surface area contributed by atoms with Gasteiger partial charge >= 0.3 is 5.97 Å². The Morgan fingerprint density at radius 3 is 2.26 bits per heavy atom. The number of carbonyl (C=O) groups is 2. The Labute approximate surface area is 236 Å². The zero-order valence-electron chi connectivity index (χ0n) is 20.3. The van der Waals surface area contributed by atoms with E-state index in [-0.39, 0.29) is 34.3 Å². The number of halogens is 3. The van der Waals surface area contributed by atoms with Gasteiger partial charge in [0.05, 0.1) is 4.90 Å². The molecule has 11 heteroatoms. The monoisotopic (exact) mass is 594 g/mol. The Bertz CT molecular complexity index is 1460. The van der Waals surface area contributed by atoms with E-state index in [1.165, 1.54) is 25.1 Å². The summed E-state index contributed by atoms with van der Waals surface area (Å²) in [6.07, 6.45) is 0.667. The molecule has 1 saturated heterocycles. The average Bonchev–Trinajstić information content (AvgIpc) is 3.27. The lowest BCUT2D eigenvalue weighted by Gasteiger charge is -2.34. The van der Waals surface area contributed by atoms with Crippen LogP contribution in [0, 0.1) is 0 Å². The van der Waals surface area contributed by atoms with Crippen LogP contribution in [0.25, 0.3) is 11.1 Å². The van der Waals surface area contributed by atoms with E-state index >= 15 is 0 Å². The number of benzene rings is 3. The highest BCUT2D eigenvalue weighted by Crippen LogP contribution is 2.36. The van der Waals surface area contributed by atoms with Crippen LogP contribution >= 0.6 is 34.8 Å². The largest absolute Gasteiger partial charge is 0.480 e. The predicted octanol–water partition coefficient (Wildman–Crippen LogP) is 5.67. The number of sulfonamides is 1. The van der Waals surface area contributed by atoms with Gasteiger partial charge in [0.25, 0.3) is 0 Å². The average molecular weight is 596 g/mol. The number of carboxylic acids is 1. The summed E-state index contributed by atoms with van der Waals surface area (Å²) >= 11 is 18.3. The van der Waals surface area contributed by atoms with E-state index in [0.717, 1.165) is 15.4 Å². The van der Waals surface area contributed by atoms with E-state index in [1.54, 1.807) is 18.2 Å². The molecule has 0 aliphatic carbocycles. The van der Waals surface area contributed by atoms with Gasteiger partial charge in [-0.05, 0) is 55.2 Å². The van der Waals surface area contributed by atoms with E-state index < -0.39 is 33.5 Å². The molecule has 7 nitrogen and oxygen atoms in total. The summed E-state index contributed by atoms with van der Waals surface area (Å²) in [5.74, 6) is -1.92. The molecule has 0 bridgehead atoms. The summed E-state index contributed by atoms with van der Waals surface area (Å²) < 4.78 is 28.0. The van der Waals surface area contributed by atoms with Gasteiger partial charge in [-0.15, -0.1) is 0 Å². The molecule has 4 rings (SSSR count). The lowest BCUT2D eigenvalue weighted by Crippen LogP contribution is -2.58. The van der Waals surface area contributed by atoms with Crippen molar-refractivity contribution in [3.8, 4) is 11.1 Å². The third-order valence-corrected chi connectivity index (χ3v) is 9.43. The van der Waals surface area contributed by atoms with Crippen LogP contribution in [0.15, 0.2) is 71.6 Å². The van der Waals surface area contributed by atoms with Gasteiger partial charge in [-0.2, -0.15) is 4.31 Å². The van der Waals surface area contributed by atoms with Crippen molar-refractivity contribution < 1.29 is 23.1 Å². The fraction of sp³-hybridized carbons (Fsp3) is 0.259. The highest BCUT2D eigenvalue weighted by molar-refractivity contribution is 7.89. The van der Waals surface area contributed by atoms with Crippen molar-refractivity contribution in [1.29, 1.82) is 0 Å². The molecule has 0 radical (unpaired) electrons. The Morgan fingerprint density at radius 2 is 1.66 bits per heavy atom. The van der Waals surface area contributed by atoms with Crippen molar-refractivity contribution in [2.24, 2.45) is 0 Å². The van der Waals surface area contributed by atoms with E-state index in [0.29, 0.717) is 17.0 Å². The van der Waals surface area contributed by atoms with Crippen molar-refractivity contribution in [3.63, 3.8) is 0 Å². The predicted molar refractivity (Wildman–Crippen MR) is 148 cm³/mol. The normalized spacial score (nSPS) is 18.7. The molecule has 0 saturated carbocycles. The lowest BCUT2D eigenvalue weighted by molar-refractivity contribution is -0.143. The van der Waals surface area contributed by atoms with Crippen LogP contribution in [0.5, 0.6) is 0 Å². The molecule has 1 fully saturated rings. The summed E-state index contributed by atoms with van der Waals surface area (Å²) in [7, 11) is -4.14. The summed E-state index contributed by atoms with van der Waals surface area (Å²) in [6, 6.07) is 17.3. The first-order valence-electron chi connectivity index (χ1n) is 11.8. The summed E-state index contributed by atoms with van der Waals surface area (Å²) in [6.45, 7) is 1.59. The number of nitrogens with zero attached hydrogens (tertiary/aromatic N) is 1. The van der Waals surface area contributed by atoms with Crippen molar-refractivity contribution >= 4 is 56.7 Å². The fourth-order valence-electron chi connectivity index (χ4n) is 4.62. The van der Waals surface area contributed by atoms with Gasteiger partial charge in [-0.3, -0.25) is 4.79 Å². The minimum atomic E-state index is -4.14. The molecule has 1 amide bonds. The minimum absolute atomic E-state index is 0.0105. The molecule has 1 heterocycles. The van der Waals surface area contributed by atoms with Gasteiger partial charge in [0.1, 0.15) is 11.6 Å². The summed E-state index contributed by atoms with van der Waals surface area (Å²) in [5, 5.41) is 13.3. The summed E-state index contributed by atoms with van der Waals surface area (Å²) in [4.78, 5) is 25.4. The van der Waals surface area contributed by atoms with Crippen molar-refractivity contribution in [3.05, 3.63) is 87.4 Å². The first-order chi connectivity index (χ1) is 17.9. The first-order valence-corrected chi connectivity index (χ1v) is 14.4. The number of aliphatic carboxylic acids is 1. The number of carbonyl (C=O) groups excluding carboxylic acids is 1. The molecule has 1 aliphatic rings. The second-order valence-corrected chi connectivity index (χ2v) is 12.4. The standard InChI is InChI=1S/C27H25Cl3N2O5S/c1-27(11-4-12-32(27)38(36,37)21-15-19(28)14-20(29)16-21)26(35)31-24(25(33)34)13-17-7-9-18(10-8-17)22-5-2-3-6-23(22)30/h2-3,5-10,14-16,24H,4,11-13H2,1H3,(H,31,35)(H,33,34)/t24-,27-/m0/s1. The maximum Gasteiger partial charge on any atom is 0.326 e. The van der Waals surface area contributed by atoms with Gasteiger partial charge in [0, 0.05) is 33.6 Å². The molecule has 3 aromatic carbocycles. The van der Waals surface area contributed by atoms with E-state index in [1.807, 2.05) is 30.3 Å². The molecule has 1 aliphatic heterocycles. The second kappa shape index (κ2) is 11.2. The number of rotatable bonds is 8. The van der Waals surface area contributed by atoms with Gasteiger partial charge < -0.3 is 10.4 Å². The topological polar surface area (TPSA) is 104 Å². The van der Waals surface area contributed by atoms with E-state index in [2.05, 4.69) is 5.32 Å². The van der Waals surface area contributed by atoms with E-state index in [4.69, 9.17) is 34.8 Å². The van der Waals surface area contributed by atoms with Crippen LogP contribution in [-0.2, 0) is 26.0 Å². The SMILES string of the molecule is C[C@@]1(C(=O)N[C@@H](Cc2ccc(-c3ccccc3Cl)cc2)C(=O)O)CCCN1S(=O)(=O)c1cc(Cl)cc(Cl)c1. The maximum atomic E-state index is 13.4. The quantitative estimate of drug-likeness (QED) is 0.349. The van der Waals surface area contributed by atoms with Crippen LogP contribution in [0.3, 0.4) is 0 Å². The van der Waals surface area contributed by atoms with Gasteiger partial charge in [-0.1, -0.05) is 77.3 Å². The molecule has 200 valence electrons. The van der Waals surface area contributed by atoms with Crippen molar-refractivity contribution in [2.45, 2.75) is 42.7 Å². The number of hydrogen-bond donors (Lipinski definition) is 2. The zero-order valence-corrected chi connectivity index (χ0v) is 23.4. The highest BCUT2D eigenvalue weighted by Gasteiger charge is 2.50. The number of amides is 1. The van der Waals surface area contributed by atoms with Crippen LogP contribution in [0.4, 0.5) is 0 Å². The third kappa shape index (κ3) is 5.84. The lowest BCUT2D eigenvalue weighted by atomic mass is 9.97. The highest BCUT2D eigenvalue weighted by atomic mass is 35.5. The second-order valence-electron chi connectivity index (χ2n) is 9.30. The number of carboxylic acid groups (broad SMARTS) is 1. The van der Waals surface area contributed by atoms with Crippen molar-refractivity contribution in [1.82, 2.24) is 9.62 Å². The molecule has 2 atom stereocenters. The van der Waals surface area contributed by atoms with Crippen LogP contribution < -0.4 is 5.32 Å². The Balaban J connectivity index is 1.53. The first kappa shape index (κ1) is 28.4. The molecule has 0 spiro atoms. The van der Waals surface area contributed by atoms with Crippen LogP contribution in [-0.4, -0.2) is 47.8 Å². The molecular weight excluding hydrogens is 571 g/mol. The smallest absolute Gasteiger partial charge is 0.326 e. The van der Waals surface area contributed by atoms with Crippen LogP contribution in [0.2, 0.25) is 15.1 Å². The molecule has 0 unspecified atom stereocenters.